The van der Waals surface area contributed by atoms with E-state index in [1.165, 1.54) is 0 Å². The number of nitrogens with zero attached hydrogens (tertiary/aromatic N) is 1. The average molecular weight is 292 g/mol. The zero-order chi connectivity index (χ0) is 15.8. The fourth-order valence-electron chi connectivity index (χ4n) is 2.30. The summed E-state index contributed by atoms with van der Waals surface area (Å²) in [5.74, 6) is 0.865. The summed E-state index contributed by atoms with van der Waals surface area (Å²) in [6.45, 7) is 13.0. The van der Waals surface area contributed by atoms with Gasteiger partial charge in [0.25, 0.3) is 5.91 Å². The van der Waals surface area contributed by atoms with Gasteiger partial charge in [0, 0.05) is 25.2 Å². The van der Waals surface area contributed by atoms with Gasteiger partial charge in [0.05, 0.1) is 0 Å². The zero-order valence-corrected chi connectivity index (χ0v) is 13.9. The van der Waals surface area contributed by atoms with E-state index in [-0.39, 0.29) is 5.91 Å². The molecule has 0 saturated heterocycles. The first kappa shape index (κ1) is 17.5. The minimum Gasteiger partial charge on any atom is -0.480 e. The molecule has 118 valence electrons. The minimum absolute atomic E-state index is 0.0395. The van der Waals surface area contributed by atoms with Crippen LogP contribution in [0, 0.1) is 6.92 Å². The topological polar surface area (TPSA) is 41.6 Å². The molecule has 1 N–H and O–H groups in total. The highest BCUT2D eigenvalue weighted by molar-refractivity contribution is 5.80. The number of hydrogen-bond donors (Lipinski definition) is 1. The second-order valence-corrected chi connectivity index (χ2v) is 5.11. The molecule has 0 aromatic heterocycles. The molecule has 0 spiro atoms. The summed E-state index contributed by atoms with van der Waals surface area (Å²) in [7, 11) is 0. The van der Waals surface area contributed by atoms with Crippen molar-refractivity contribution in [3.8, 4) is 5.75 Å². The molecule has 0 bridgehead atoms. The molecule has 1 aromatic rings. The normalized spacial score (nSPS) is 12.0. The number of hydrogen-bond acceptors (Lipinski definition) is 3. The second-order valence-electron chi connectivity index (χ2n) is 5.11. The summed E-state index contributed by atoms with van der Waals surface area (Å²) in [6.07, 6.45) is -0.466. The van der Waals surface area contributed by atoms with Crippen molar-refractivity contribution in [1.29, 1.82) is 0 Å². The molecule has 1 atom stereocenters. The maximum absolute atomic E-state index is 12.3. The van der Waals surface area contributed by atoms with Gasteiger partial charge in [-0.2, -0.15) is 0 Å². The Kier molecular flexibility index (Phi) is 7.23. The third-order valence-corrected chi connectivity index (χ3v) is 3.58. The molecule has 0 saturated carbocycles. The summed E-state index contributed by atoms with van der Waals surface area (Å²) in [5, 5.41) is 3.30. The van der Waals surface area contributed by atoms with Crippen molar-refractivity contribution in [2.75, 3.05) is 19.6 Å². The van der Waals surface area contributed by atoms with E-state index in [2.05, 4.69) is 12.2 Å². The Balaban J connectivity index is 2.88. The third kappa shape index (κ3) is 4.74. The van der Waals surface area contributed by atoms with Gasteiger partial charge in [-0.25, -0.2) is 0 Å². The lowest BCUT2D eigenvalue weighted by Crippen LogP contribution is -2.40. The maximum atomic E-state index is 12.3. The second kappa shape index (κ2) is 8.67. The number of para-hydroxylation sites is 1. The first-order valence-electron chi connectivity index (χ1n) is 7.79. The lowest BCUT2D eigenvalue weighted by atomic mass is 10.1. The van der Waals surface area contributed by atoms with Crippen LogP contribution < -0.4 is 10.1 Å². The molecule has 1 aromatic carbocycles. The lowest BCUT2D eigenvalue weighted by Gasteiger charge is -2.25. The first-order chi connectivity index (χ1) is 10.0. The van der Waals surface area contributed by atoms with Crippen LogP contribution in [0.3, 0.4) is 0 Å². The van der Waals surface area contributed by atoms with Crippen LogP contribution in [0.2, 0.25) is 0 Å². The molecule has 0 fully saturated rings. The smallest absolute Gasteiger partial charge is 0.263 e. The van der Waals surface area contributed by atoms with Crippen molar-refractivity contribution in [2.24, 2.45) is 0 Å². The third-order valence-electron chi connectivity index (χ3n) is 3.58. The summed E-state index contributed by atoms with van der Waals surface area (Å²) in [5.41, 5.74) is 2.15. The number of benzene rings is 1. The Bertz CT molecular complexity index is 456. The molecule has 1 rings (SSSR count). The number of aryl methyl sites for hydroxylation is 1. The molecule has 21 heavy (non-hydrogen) atoms. The van der Waals surface area contributed by atoms with Gasteiger partial charge in [-0.1, -0.05) is 25.1 Å². The van der Waals surface area contributed by atoms with Crippen LogP contribution in [0.25, 0.3) is 0 Å². The van der Waals surface area contributed by atoms with E-state index in [4.69, 9.17) is 4.74 Å². The Hall–Kier alpha value is -1.55. The Labute approximate surface area is 128 Å². The van der Waals surface area contributed by atoms with Gasteiger partial charge in [-0.05, 0) is 39.8 Å². The van der Waals surface area contributed by atoms with E-state index >= 15 is 0 Å². The highest BCUT2D eigenvalue weighted by atomic mass is 16.5. The monoisotopic (exact) mass is 292 g/mol. The summed E-state index contributed by atoms with van der Waals surface area (Å²) >= 11 is 0. The summed E-state index contributed by atoms with van der Waals surface area (Å²) < 4.78 is 5.99. The SMILES string of the molecule is CCNCc1cccc(C)c1OC(C)C(=O)N(CC)CC. The predicted molar refractivity (Wildman–Crippen MR) is 86.6 cm³/mol. The van der Waals surface area contributed by atoms with Crippen molar-refractivity contribution >= 4 is 5.91 Å². The van der Waals surface area contributed by atoms with Crippen LogP contribution >= 0.6 is 0 Å². The van der Waals surface area contributed by atoms with Gasteiger partial charge in [0.1, 0.15) is 5.75 Å². The van der Waals surface area contributed by atoms with E-state index in [1.54, 1.807) is 4.90 Å². The molecule has 4 heteroatoms. The highest BCUT2D eigenvalue weighted by Crippen LogP contribution is 2.25. The molecule has 4 nitrogen and oxygen atoms in total. The number of carbonyl (C=O) groups excluding carboxylic acids is 1. The molecular weight excluding hydrogens is 264 g/mol. The fourth-order valence-corrected chi connectivity index (χ4v) is 2.30. The quantitative estimate of drug-likeness (QED) is 0.801. The van der Waals surface area contributed by atoms with Gasteiger partial charge in [0.15, 0.2) is 6.10 Å². The summed E-state index contributed by atoms with van der Waals surface area (Å²) in [4.78, 5) is 14.1. The number of ether oxygens (including phenoxy) is 1. The van der Waals surface area contributed by atoms with Crippen molar-refractivity contribution in [1.82, 2.24) is 10.2 Å². The largest absolute Gasteiger partial charge is 0.480 e. The van der Waals surface area contributed by atoms with E-state index in [9.17, 15) is 4.79 Å². The van der Waals surface area contributed by atoms with E-state index in [0.717, 1.165) is 30.0 Å². The van der Waals surface area contributed by atoms with Crippen molar-refractivity contribution in [2.45, 2.75) is 47.3 Å². The molecule has 1 unspecified atom stereocenters. The van der Waals surface area contributed by atoms with E-state index in [0.29, 0.717) is 13.1 Å². The molecule has 0 heterocycles. The van der Waals surface area contributed by atoms with Crippen LogP contribution in [0.5, 0.6) is 5.75 Å². The highest BCUT2D eigenvalue weighted by Gasteiger charge is 2.21. The standard InChI is InChI=1S/C17H28N2O2/c1-6-18-12-15-11-9-10-13(4)16(15)21-14(5)17(20)19(7-2)8-3/h9-11,14,18H,6-8,12H2,1-5H3. The number of likely N-dealkylation sites (N-methyl/N-ethyl adjacent to an activating group) is 1. The Morgan fingerprint density at radius 1 is 1.29 bits per heavy atom. The van der Waals surface area contributed by atoms with Gasteiger partial charge >= 0.3 is 0 Å². The van der Waals surface area contributed by atoms with E-state index in [1.807, 2.05) is 45.9 Å². The fraction of sp³-hybridized carbons (Fsp3) is 0.588. The van der Waals surface area contributed by atoms with E-state index < -0.39 is 6.10 Å². The Morgan fingerprint density at radius 2 is 1.95 bits per heavy atom. The minimum atomic E-state index is -0.466. The Morgan fingerprint density at radius 3 is 2.52 bits per heavy atom. The molecule has 0 aliphatic heterocycles. The van der Waals surface area contributed by atoms with Gasteiger partial charge in [-0.15, -0.1) is 0 Å². The van der Waals surface area contributed by atoms with Crippen molar-refractivity contribution in [3.05, 3.63) is 29.3 Å². The van der Waals surface area contributed by atoms with Crippen LogP contribution in [0.4, 0.5) is 0 Å². The number of carbonyl (C=O) groups is 1. The van der Waals surface area contributed by atoms with Crippen molar-refractivity contribution in [3.63, 3.8) is 0 Å². The first-order valence-corrected chi connectivity index (χ1v) is 7.79. The van der Waals surface area contributed by atoms with Gasteiger partial charge in [0.2, 0.25) is 0 Å². The van der Waals surface area contributed by atoms with Crippen LogP contribution in [-0.2, 0) is 11.3 Å². The number of rotatable bonds is 8. The van der Waals surface area contributed by atoms with Crippen LogP contribution in [-0.4, -0.2) is 36.5 Å². The van der Waals surface area contributed by atoms with Gasteiger partial charge < -0.3 is 15.0 Å². The number of amides is 1. The molecular formula is C17H28N2O2. The average Bonchev–Trinajstić information content (AvgIpc) is 2.48. The molecule has 1 amide bonds. The van der Waals surface area contributed by atoms with Gasteiger partial charge in [-0.3, -0.25) is 4.79 Å². The van der Waals surface area contributed by atoms with Crippen LogP contribution in [0.1, 0.15) is 38.8 Å². The molecule has 0 aliphatic carbocycles. The molecule has 0 aliphatic rings. The predicted octanol–water partition coefficient (Wildman–Crippen LogP) is 2.74. The zero-order valence-electron chi connectivity index (χ0n) is 13.9. The lowest BCUT2D eigenvalue weighted by molar-refractivity contribution is -0.137. The maximum Gasteiger partial charge on any atom is 0.263 e. The molecule has 0 radical (unpaired) electrons. The summed E-state index contributed by atoms with van der Waals surface area (Å²) in [6, 6.07) is 6.07. The van der Waals surface area contributed by atoms with Crippen LogP contribution in [0.15, 0.2) is 18.2 Å². The number of nitrogens with one attached hydrogen (secondary N) is 1. The van der Waals surface area contributed by atoms with Crippen molar-refractivity contribution < 1.29 is 9.53 Å².